The van der Waals surface area contributed by atoms with Gasteiger partial charge in [0.1, 0.15) is 0 Å². The van der Waals surface area contributed by atoms with Crippen LogP contribution in [0.1, 0.15) is 17.5 Å². The van der Waals surface area contributed by atoms with Crippen LogP contribution in [-0.4, -0.2) is 64.0 Å². The topological polar surface area (TPSA) is 58.1 Å². The Morgan fingerprint density at radius 1 is 1.34 bits per heavy atom. The highest BCUT2D eigenvalue weighted by Crippen LogP contribution is 2.33. The van der Waals surface area contributed by atoms with Gasteiger partial charge < -0.3 is 20.1 Å². The second-order valence-electron chi connectivity index (χ2n) is 6.89. The number of hydrogen-bond acceptors (Lipinski definition) is 4. The minimum atomic E-state index is -4.18. The number of allylic oxidation sites excluding steroid dienone is 1. The monoisotopic (exact) mass is 414 g/mol. The minimum Gasteiger partial charge on any atom is -0.493 e. The zero-order valence-electron chi connectivity index (χ0n) is 17.1. The van der Waals surface area contributed by atoms with Crippen molar-refractivity contribution in [1.82, 2.24) is 15.5 Å². The van der Waals surface area contributed by atoms with E-state index >= 15 is 0 Å². The van der Waals surface area contributed by atoms with Crippen molar-refractivity contribution in [3.63, 3.8) is 0 Å². The Balaban J connectivity index is 1.97. The molecule has 0 radical (unpaired) electrons. The Bertz CT molecular complexity index is 722. The van der Waals surface area contributed by atoms with Gasteiger partial charge in [-0.1, -0.05) is 6.08 Å². The predicted octanol–water partition coefficient (Wildman–Crippen LogP) is 2.73. The number of guanidine groups is 1. The van der Waals surface area contributed by atoms with Gasteiger partial charge in [-0.2, -0.15) is 13.2 Å². The number of hydrogen-bond donors (Lipinski definition) is 2. The van der Waals surface area contributed by atoms with Crippen LogP contribution in [0.4, 0.5) is 13.2 Å². The van der Waals surface area contributed by atoms with Crippen LogP contribution in [0.5, 0.6) is 11.5 Å². The van der Waals surface area contributed by atoms with Gasteiger partial charge in [-0.3, -0.25) is 9.89 Å². The number of likely N-dealkylation sites (tertiary alicyclic amines) is 1. The average molecular weight is 414 g/mol. The van der Waals surface area contributed by atoms with E-state index in [0.717, 1.165) is 11.1 Å². The summed E-state index contributed by atoms with van der Waals surface area (Å²) in [6.45, 7) is 4.11. The molecular formula is C20H29F3N4O2. The molecule has 1 aromatic rings. The zero-order chi connectivity index (χ0) is 21.4. The molecule has 1 saturated heterocycles. The number of nitrogens with zero attached hydrogens (tertiary/aromatic N) is 2. The van der Waals surface area contributed by atoms with Gasteiger partial charge in [0, 0.05) is 38.3 Å². The SMILES string of the molecule is C=CCc1cc(CNC(=NC)NC2CCN(CC(F)(F)F)C2)cc(OC)c1OC. The molecule has 1 aliphatic heterocycles. The predicted molar refractivity (Wildman–Crippen MR) is 108 cm³/mol. The first-order chi connectivity index (χ1) is 13.8. The van der Waals surface area contributed by atoms with Crippen molar-refractivity contribution in [1.29, 1.82) is 0 Å². The van der Waals surface area contributed by atoms with Crippen LogP contribution < -0.4 is 20.1 Å². The van der Waals surface area contributed by atoms with Crippen molar-refractivity contribution >= 4 is 5.96 Å². The van der Waals surface area contributed by atoms with Crippen molar-refractivity contribution < 1.29 is 22.6 Å². The summed E-state index contributed by atoms with van der Waals surface area (Å²) in [5, 5.41) is 6.41. The molecule has 0 bridgehead atoms. The van der Waals surface area contributed by atoms with Crippen LogP contribution in [0.25, 0.3) is 0 Å². The van der Waals surface area contributed by atoms with Gasteiger partial charge >= 0.3 is 6.18 Å². The molecule has 0 amide bonds. The van der Waals surface area contributed by atoms with E-state index in [-0.39, 0.29) is 6.04 Å². The molecule has 6 nitrogen and oxygen atoms in total. The standard InChI is InChI=1S/C20H29F3N4O2/c1-5-6-15-9-14(10-17(28-3)18(15)29-4)11-25-19(24-2)26-16-7-8-27(12-16)13-20(21,22)23/h5,9-10,16H,1,6-8,11-13H2,2-4H3,(H2,24,25,26). The van der Waals surface area contributed by atoms with E-state index in [4.69, 9.17) is 9.47 Å². The van der Waals surface area contributed by atoms with E-state index < -0.39 is 12.7 Å². The normalized spacial score (nSPS) is 17.9. The first-order valence-electron chi connectivity index (χ1n) is 9.40. The maximum Gasteiger partial charge on any atom is 0.401 e. The van der Waals surface area contributed by atoms with Crippen molar-refractivity contribution in [2.24, 2.45) is 4.99 Å². The molecule has 1 fully saturated rings. The second kappa shape index (κ2) is 10.4. The van der Waals surface area contributed by atoms with Crippen LogP contribution in [0.15, 0.2) is 29.8 Å². The minimum absolute atomic E-state index is 0.0784. The lowest BCUT2D eigenvalue weighted by Crippen LogP contribution is -2.44. The number of benzene rings is 1. The fourth-order valence-corrected chi connectivity index (χ4v) is 3.44. The molecule has 0 spiro atoms. The largest absolute Gasteiger partial charge is 0.493 e. The summed E-state index contributed by atoms with van der Waals surface area (Å²) < 4.78 is 48.5. The lowest BCUT2D eigenvalue weighted by Gasteiger charge is -2.20. The average Bonchev–Trinajstić information content (AvgIpc) is 3.09. The number of alkyl halides is 3. The number of nitrogens with one attached hydrogen (secondary N) is 2. The highest BCUT2D eigenvalue weighted by Gasteiger charge is 2.34. The number of rotatable bonds is 8. The van der Waals surface area contributed by atoms with Gasteiger partial charge in [0.2, 0.25) is 0 Å². The molecule has 0 aliphatic carbocycles. The van der Waals surface area contributed by atoms with Crippen LogP contribution >= 0.6 is 0 Å². The van der Waals surface area contributed by atoms with Crippen LogP contribution in [-0.2, 0) is 13.0 Å². The smallest absolute Gasteiger partial charge is 0.401 e. The molecule has 9 heteroatoms. The number of ether oxygens (including phenoxy) is 2. The lowest BCUT2D eigenvalue weighted by atomic mass is 10.1. The molecule has 1 aliphatic rings. The second-order valence-corrected chi connectivity index (χ2v) is 6.89. The van der Waals surface area contributed by atoms with Crippen LogP contribution in [0.3, 0.4) is 0 Å². The van der Waals surface area contributed by atoms with E-state index in [2.05, 4.69) is 22.2 Å². The zero-order valence-corrected chi connectivity index (χ0v) is 17.1. The summed E-state index contributed by atoms with van der Waals surface area (Å²) in [5.74, 6) is 1.85. The highest BCUT2D eigenvalue weighted by molar-refractivity contribution is 5.80. The quantitative estimate of drug-likeness (QED) is 0.389. The fourth-order valence-electron chi connectivity index (χ4n) is 3.44. The van der Waals surface area contributed by atoms with Crippen LogP contribution in [0.2, 0.25) is 0 Å². The van der Waals surface area contributed by atoms with Gasteiger partial charge in [0.15, 0.2) is 17.5 Å². The molecule has 1 heterocycles. The lowest BCUT2D eigenvalue weighted by molar-refractivity contribution is -0.143. The van der Waals surface area contributed by atoms with E-state index in [9.17, 15) is 13.2 Å². The Kier molecular flexibility index (Phi) is 8.19. The summed E-state index contributed by atoms with van der Waals surface area (Å²) in [5.41, 5.74) is 1.92. The van der Waals surface area contributed by atoms with Crippen molar-refractivity contribution in [2.45, 2.75) is 31.6 Å². The van der Waals surface area contributed by atoms with Crippen LogP contribution in [0, 0.1) is 0 Å². The number of methoxy groups -OCH3 is 2. The summed E-state index contributed by atoms with van der Waals surface area (Å²) >= 11 is 0. The van der Waals surface area contributed by atoms with E-state index in [1.54, 1.807) is 27.3 Å². The molecule has 29 heavy (non-hydrogen) atoms. The molecule has 1 aromatic carbocycles. The number of halogens is 3. The summed E-state index contributed by atoms with van der Waals surface area (Å²) in [7, 11) is 4.81. The van der Waals surface area contributed by atoms with E-state index in [1.165, 1.54) is 4.90 Å². The maximum absolute atomic E-state index is 12.6. The molecule has 1 unspecified atom stereocenters. The summed E-state index contributed by atoms with van der Waals surface area (Å²) in [4.78, 5) is 5.59. The first kappa shape index (κ1) is 22.9. The summed E-state index contributed by atoms with van der Waals surface area (Å²) in [6.07, 6.45) is -1.11. The Morgan fingerprint density at radius 3 is 2.69 bits per heavy atom. The maximum atomic E-state index is 12.6. The van der Waals surface area contributed by atoms with Crippen molar-refractivity contribution in [3.8, 4) is 11.5 Å². The molecule has 0 aromatic heterocycles. The van der Waals surface area contributed by atoms with E-state index in [1.807, 2.05) is 12.1 Å². The Labute approximate surface area is 169 Å². The molecule has 2 N–H and O–H groups in total. The molecule has 0 saturated carbocycles. The highest BCUT2D eigenvalue weighted by atomic mass is 19.4. The molecule has 2 rings (SSSR count). The molecule has 1 atom stereocenters. The number of aliphatic imine (C=N–C) groups is 1. The molecule has 162 valence electrons. The summed E-state index contributed by atoms with van der Waals surface area (Å²) in [6, 6.07) is 3.81. The molecular weight excluding hydrogens is 385 g/mol. The third-order valence-electron chi connectivity index (χ3n) is 4.68. The first-order valence-corrected chi connectivity index (χ1v) is 9.40. The van der Waals surface area contributed by atoms with E-state index in [0.29, 0.717) is 49.9 Å². The third-order valence-corrected chi connectivity index (χ3v) is 4.68. The Morgan fingerprint density at radius 2 is 2.10 bits per heavy atom. The van der Waals surface area contributed by atoms with Crippen molar-refractivity contribution in [3.05, 3.63) is 35.9 Å². The van der Waals surface area contributed by atoms with Crippen molar-refractivity contribution in [2.75, 3.05) is 40.9 Å². The van der Waals surface area contributed by atoms with Gasteiger partial charge in [-0.05, 0) is 30.5 Å². The third kappa shape index (κ3) is 6.85. The van der Waals surface area contributed by atoms with Gasteiger partial charge in [0.25, 0.3) is 0 Å². The van der Waals surface area contributed by atoms with Gasteiger partial charge in [0.05, 0.1) is 20.8 Å². The fraction of sp³-hybridized carbons (Fsp3) is 0.550. The Hall–Kier alpha value is -2.42. The van der Waals surface area contributed by atoms with Gasteiger partial charge in [-0.15, -0.1) is 6.58 Å². The van der Waals surface area contributed by atoms with Gasteiger partial charge in [-0.25, -0.2) is 0 Å².